The maximum Gasteiger partial charge on any atom is 0.126 e. The number of aryl methyl sites for hydroxylation is 2. The minimum absolute atomic E-state index is 0.0948. The number of halogens is 2. The van der Waals surface area contributed by atoms with E-state index in [1.807, 2.05) is 19.2 Å². The van der Waals surface area contributed by atoms with Gasteiger partial charge in [0, 0.05) is 14.2 Å². The Labute approximate surface area is 119 Å². The minimum atomic E-state index is -0.157. The summed E-state index contributed by atoms with van der Waals surface area (Å²) in [5, 5.41) is 3.29. The summed E-state index contributed by atoms with van der Waals surface area (Å²) in [4.78, 5) is 2.48. The standard InChI is InChI=1S/C14H15BrFNS/c1-8-6-10(4-5-12(8)16)13(17-3)14-11(15)7-9(2)18-14/h4-7,13,17H,1-3H3. The Morgan fingerprint density at radius 3 is 2.50 bits per heavy atom. The summed E-state index contributed by atoms with van der Waals surface area (Å²) in [6.07, 6.45) is 0. The quantitative estimate of drug-likeness (QED) is 0.870. The molecule has 1 aromatic heterocycles. The van der Waals surface area contributed by atoms with Crippen LogP contribution in [0.4, 0.5) is 4.39 Å². The summed E-state index contributed by atoms with van der Waals surface area (Å²) < 4.78 is 14.4. The fraction of sp³-hybridized carbons (Fsp3) is 0.286. The molecule has 1 heterocycles. The van der Waals surface area contributed by atoms with Crippen molar-refractivity contribution in [2.24, 2.45) is 0 Å². The van der Waals surface area contributed by atoms with E-state index in [2.05, 4.69) is 34.2 Å². The van der Waals surface area contributed by atoms with Gasteiger partial charge in [0.15, 0.2) is 0 Å². The Balaban J connectivity index is 2.45. The van der Waals surface area contributed by atoms with Gasteiger partial charge in [0.25, 0.3) is 0 Å². The molecule has 4 heteroatoms. The van der Waals surface area contributed by atoms with Gasteiger partial charge in [0.05, 0.1) is 6.04 Å². The van der Waals surface area contributed by atoms with E-state index in [-0.39, 0.29) is 11.9 Å². The smallest absolute Gasteiger partial charge is 0.126 e. The zero-order valence-electron chi connectivity index (χ0n) is 10.6. The normalized spacial score (nSPS) is 12.7. The molecule has 1 atom stereocenters. The number of rotatable bonds is 3. The molecule has 0 aliphatic heterocycles. The van der Waals surface area contributed by atoms with Gasteiger partial charge in [0.1, 0.15) is 5.82 Å². The van der Waals surface area contributed by atoms with E-state index in [1.54, 1.807) is 18.3 Å². The Morgan fingerprint density at radius 2 is 2.00 bits per heavy atom. The highest BCUT2D eigenvalue weighted by molar-refractivity contribution is 9.10. The predicted molar refractivity (Wildman–Crippen MR) is 78.8 cm³/mol. The fourth-order valence-electron chi connectivity index (χ4n) is 1.99. The molecule has 0 spiro atoms. The molecule has 1 N–H and O–H groups in total. The van der Waals surface area contributed by atoms with E-state index in [9.17, 15) is 4.39 Å². The molecule has 0 amide bonds. The summed E-state index contributed by atoms with van der Waals surface area (Å²) in [6, 6.07) is 7.48. The summed E-state index contributed by atoms with van der Waals surface area (Å²) in [5.74, 6) is -0.157. The van der Waals surface area contributed by atoms with Crippen LogP contribution in [-0.2, 0) is 0 Å². The molecular weight excluding hydrogens is 313 g/mol. The first-order chi connectivity index (χ1) is 8.52. The highest BCUT2D eigenvalue weighted by atomic mass is 79.9. The average Bonchev–Trinajstić information content (AvgIpc) is 2.64. The summed E-state index contributed by atoms with van der Waals surface area (Å²) in [6.45, 7) is 3.88. The zero-order chi connectivity index (χ0) is 13.3. The lowest BCUT2D eigenvalue weighted by Gasteiger charge is -2.16. The maximum atomic E-state index is 13.3. The van der Waals surface area contributed by atoms with Crippen LogP contribution >= 0.6 is 27.3 Å². The largest absolute Gasteiger partial charge is 0.309 e. The Morgan fingerprint density at radius 1 is 1.28 bits per heavy atom. The van der Waals surface area contributed by atoms with Crippen molar-refractivity contribution in [3.63, 3.8) is 0 Å². The Hall–Kier alpha value is -0.710. The third-order valence-corrected chi connectivity index (χ3v) is 4.94. The van der Waals surface area contributed by atoms with Crippen molar-refractivity contribution in [2.45, 2.75) is 19.9 Å². The van der Waals surface area contributed by atoms with E-state index in [1.165, 1.54) is 15.8 Å². The maximum absolute atomic E-state index is 13.3. The molecule has 0 radical (unpaired) electrons. The van der Waals surface area contributed by atoms with E-state index in [0.29, 0.717) is 5.56 Å². The van der Waals surface area contributed by atoms with Gasteiger partial charge in [-0.25, -0.2) is 4.39 Å². The van der Waals surface area contributed by atoms with Gasteiger partial charge in [0.2, 0.25) is 0 Å². The molecule has 0 bridgehead atoms. The predicted octanol–water partition coefficient (Wildman–Crippen LogP) is 4.58. The molecule has 0 saturated heterocycles. The van der Waals surface area contributed by atoms with Crippen LogP contribution in [0.15, 0.2) is 28.7 Å². The van der Waals surface area contributed by atoms with Gasteiger partial charge >= 0.3 is 0 Å². The fourth-order valence-corrected chi connectivity index (χ4v) is 4.01. The van der Waals surface area contributed by atoms with Crippen molar-refractivity contribution in [1.82, 2.24) is 5.32 Å². The first-order valence-corrected chi connectivity index (χ1v) is 7.33. The Kier molecular flexibility index (Phi) is 4.20. The number of hydrogen-bond acceptors (Lipinski definition) is 2. The molecule has 2 aromatic rings. The molecule has 1 nitrogen and oxygen atoms in total. The molecule has 2 rings (SSSR count). The SMILES string of the molecule is CNC(c1ccc(F)c(C)c1)c1sc(C)cc1Br. The van der Waals surface area contributed by atoms with Crippen molar-refractivity contribution >= 4 is 27.3 Å². The third-order valence-electron chi connectivity index (χ3n) is 2.90. The van der Waals surface area contributed by atoms with Crippen LogP contribution in [0.2, 0.25) is 0 Å². The van der Waals surface area contributed by atoms with Gasteiger partial charge in [-0.3, -0.25) is 0 Å². The lowest BCUT2D eigenvalue weighted by atomic mass is 10.0. The zero-order valence-corrected chi connectivity index (χ0v) is 13.0. The van der Waals surface area contributed by atoms with E-state index < -0.39 is 0 Å². The monoisotopic (exact) mass is 327 g/mol. The van der Waals surface area contributed by atoms with Gasteiger partial charge in [-0.05, 0) is 60.1 Å². The summed E-state index contributed by atoms with van der Waals surface area (Å²) in [5.41, 5.74) is 1.76. The second kappa shape index (κ2) is 5.51. The van der Waals surface area contributed by atoms with Gasteiger partial charge < -0.3 is 5.32 Å². The third kappa shape index (κ3) is 2.66. The lowest BCUT2D eigenvalue weighted by Crippen LogP contribution is -2.17. The molecular formula is C14H15BrFNS. The van der Waals surface area contributed by atoms with Crippen molar-refractivity contribution in [3.8, 4) is 0 Å². The molecule has 96 valence electrons. The first kappa shape index (κ1) is 13.7. The van der Waals surface area contributed by atoms with Crippen LogP contribution in [0.5, 0.6) is 0 Å². The number of thiophene rings is 1. The molecule has 18 heavy (non-hydrogen) atoms. The minimum Gasteiger partial charge on any atom is -0.309 e. The van der Waals surface area contributed by atoms with Gasteiger partial charge in [-0.1, -0.05) is 12.1 Å². The number of hydrogen-bond donors (Lipinski definition) is 1. The highest BCUT2D eigenvalue weighted by Gasteiger charge is 2.18. The number of nitrogens with one attached hydrogen (secondary N) is 1. The van der Waals surface area contributed by atoms with Crippen LogP contribution in [-0.4, -0.2) is 7.05 Å². The van der Waals surface area contributed by atoms with Crippen molar-refractivity contribution in [2.75, 3.05) is 7.05 Å². The van der Waals surface area contributed by atoms with Crippen molar-refractivity contribution in [3.05, 3.63) is 55.4 Å². The van der Waals surface area contributed by atoms with Crippen molar-refractivity contribution in [1.29, 1.82) is 0 Å². The van der Waals surface area contributed by atoms with Crippen LogP contribution in [0.1, 0.15) is 26.9 Å². The first-order valence-electron chi connectivity index (χ1n) is 5.72. The van der Waals surface area contributed by atoms with E-state index >= 15 is 0 Å². The Bertz CT molecular complexity index is 565. The topological polar surface area (TPSA) is 12.0 Å². The van der Waals surface area contributed by atoms with E-state index in [0.717, 1.165) is 10.0 Å². The number of benzene rings is 1. The highest BCUT2D eigenvalue weighted by Crippen LogP contribution is 2.35. The molecule has 0 fully saturated rings. The lowest BCUT2D eigenvalue weighted by molar-refractivity contribution is 0.614. The van der Waals surface area contributed by atoms with Crippen LogP contribution < -0.4 is 5.32 Å². The van der Waals surface area contributed by atoms with Crippen LogP contribution in [0, 0.1) is 19.7 Å². The summed E-state index contributed by atoms with van der Waals surface area (Å²) in [7, 11) is 1.92. The second-order valence-corrected chi connectivity index (χ2v) is 6.44. The van der Waals surface area contributed by atoms with Gasteiger partial charge in [-0.15, -0.1) is 11.3 Å². The van der Waals surface area contributed by atoms with E-state index in [4.69, 9.17) is 0 Å². The molecule has 0 saturated carbocycles. The molecule has 0 aliphatic rings. The van der Waals surface area contributed by atoms with Gasteiger partial charge in [-0.2, -0.15) is 0 Å². The molecule has 1 aromatic carbocycles. The summed E-state index contributed by atoms with van der Waals surface area (Å²) >= 11 is 5.33. The molecule has 1 unspecified atom stereocenters. The van der Waals surface area contributed by atoms with Crippen LogP contribution in [0.25, 0.3) is 0 Å². The molecule has 0 aliphatic carbocycles. The van der Waals surface area contributed by atoms with Crippen LogP contribution in [0.3, 0.4) is 0 Å². The van der Waals surface area contributed by atoms with Crippen molar-refractivity contribution < 1.29 is 4.39 Å². The second-order valence-electron chi connectivity index (χ2n) is 4.30. The average molecular weight is 328 g/mol.